The van der Waals surface area contributed by atoms with E-state index in [1.807, 2.05) is 0 Å². The second-order valence-electron chi connectivity index (χ2n) is 5.65. The lowest BCUT2D eigenvalue weighted by Gasteiger charge is -2.32. The molecule has 1 aromatic rings. The van der Waals surface area contributed by atoms with Crippen molar-refractivity contribution in [3.8, 4) is 0 Å². The smallest absolute Gasteiger partial charge is 0.0725 e. The summed E-state index contributed by atoms with van der Waals surface area (Å²) in [6.45, 7) is 6.81. The number of allylic oxidation sites excluding steroid dienone is 4. The first kappa shape index (κ1) is 12.6. The molecule has 1 unspecified atom stereocenters. The highest BCUT2D eigenvalue weighted by Crippen LogP contribution is 2.43. The summed E-state index contributed by atoms with van der Waals surface area (Å²) in [6.07, 6.45) is 9.71. The van der Waals surface area contributed by atoms with E-state index in [0.29, 0.717) is 0 Å². The van der Waals surface area contributed by atoms with Gasteiger partial charge in [-0.2, -0.15) is 0 Å². The molecule has 1 atom stereocenters. The van der Waals surface area contributed by atoms with Crippen molar-refractivity contribution >= 4 is 15.9 Å². The van der Waals surface area contributed by atoms with E-state index in [2.05, 4.69) is 85.3 Å². The summed E-state index contributed by atoms with van der Waals surface area (Å²) in [4.78, 5) is 0. The van der Waals surface area contributed by atoms with Gasteiger partial charge in [0.1, 0.15) is 0 Å². The Morgan fingerprint density at radius 2 is 1.82 bits per heavy atom. The molecule has 0 bridgehead atoms. The predicted molar refractivity (Wildman–Crippen MR) is 78.6 cm³/mol. The van der Waals surface area contributed by atoms with Crippen LogP contribution in [0.3, 0.4) is 0 Å². The van der Waals surface area contributed by atoms with E-state index >= 15 is 0 Å². The summed E-state index contributed by atoms with van der Waals surface area (Å²) in [5.41, 5.74) is 2.97. The number of halogens is 1. The molecule has 2 rings (SSSR count). The van der Waals surface area contributed by atoms with E-state index in [1.54, 1.807) is 0 Å². The van der Waals surface area contributed by atoms with Crippen LogP contribution in [0.25, 0.3) is 0 Å². The quantitative estimate of drug-likeness (QED) is 0.632. The van der Waals surface area contributed by atoms with Crippen molar-refractivity contribution in [2.24, 2.45) is 0 Å². The molecule has 1 aliphatic carbocycles. The minimum absolute atomic E-state index is 0.0361. The molecular formula is C16H19Br. The molecule has 17 heavy (non-hydrogen) atoms. The van der Waals surface area contributed by atoms with Crippen LogP contribution in [-0.4, -0.2) is 0 Å². The summed E-state index contributed by atoms with van der Waals surface area (Å²) >= 11 is 3.91. The van der Waals surface area contributed by atoms with Gasteiger partial charge < -0.3 is 0 Å². The van der Waals surface area contributed by atoms with E-state index in [9.17, 15) is 0 Å². The average Bonchev–Trinajstić information content (AvgIpc) is 2.29. The fourth-order valence-corrected chi connectivity index (χ4v) is 2.98. The summed E-state index contributed by atoms with van der Waals surface area (Å²) in [5.74, 6) is 0. The first-order valence-electron chi connectivity index (χ1n) is 6.07. The second-order valence-corrected chi connectivity index (χ2v) is 7.06. The third kappa shape index (κ3) is 2.55. The maximum atomic E-state index is 3.91. The van der Waals surface area contributed by atoms with E-state index in [-0.39, 0.29) is 9.74 Å². The zero-order valence-electron chi connectivity index (χ0n) is 10.7. The summed E-state index contributed by atoms with van der Waals surface area (Å²) in [6, 6.07) is 8.73. The van der Waals surface area contributed by atoms with Crippen molar-refractivity contribution in [1.82, 2.24) is 0 Å². The fourth-order valence-electron chi connectivity index (χ4n) is 2.29. The molecule has 1 aliphatic rings. The molecule has 0 nitrogen and oxygen atoms in total. The van der Waals surface area contributed by atoms with Crippen LogP contribution in [0.4, 0.5) is 0 Å². The monoisotopic (exact) mass is 290 g/mol. The fraction of sp³-hybridized carbons (Fsp3) is 0.375. The Morgan fingerprint density at radius 1 is 1.12 bits per heavy atom. The molecule has 1 heteroatoms. The molecule has 0 saturated carbocycles. The largest absolute Gasteiger partial charge is 0.0825 e. The zero-order valence-corrected chi connectivity index (χ0v) is 12.3. The van der Waals surface area contributed by atoms with Gasteiger partial charge in [0.15, 0.2) is 0 Å². The molecule has 0 spiro atoms. The standard InChI is InChI=1S/C16H19Br/c1-15(2,3)13-9-5-6-10-14(13)16(17)11-7-4-8-12-16/h4-11H,12H2,1-3H3. The van der Waals surface area contributed by atoms with Gasteiger partial charge in [-0.1, -0.05) is 85.3 Å². The lowest BCUT2D eigenvalue weighted by Crippen LogP contribution is -2.23. The van der Waals surface area contributed by atoms with Crippen molar-refractivity contribution in [3.05, 3.63) is 59.7 Å². The van der Waals surface area contributed by atoms with Crippen LogP contribution < -0.4 is 0 Å². The Labute approximate surface area is 113 Å². The van der Waals surface area contributed by atoms with Crippen molar-refractivity contribution in [3.63, 3.8) is 0 Å². The second kappa shape index (κ2) is 4.45. The van der Waals surface area contributed by atoms with Crippen molar-refractivity contribution < 1.29 is 0 Å². The van der Waals surface area contributed by atoms with Crippen molar-refractivity contribution in [2.75, 3.05) is 0 Å². The van der Waals surface area contributed by atoms with Gasteiger partial charge in [-0.3, -0.25) is 0 Å². The maximum Gasteiger partial charge on any atom is 0.0725 e. The molecule has 0 heterocycles. The van der Waals surface area contributed by atoms with Crippen LogP contribution in [0.2, 0.25) is 0 Å². The lowest BCUT2D eigenvalue weighted by atomic mass is 9.78. The van der Waals surface area contributed by atoms with E-state index in [1.165, 1.54) is 11.1 Å². The molecule has 0 amide bonds. The zero-order chi connectivity index (χ0) is 12.5. The molecule has 0 fully saturated rings. The molecule has 0 N–H and O–H groups in total. The molecule has 0 saturated heterocycles. The van der Waals surface area contributed by atoms with Crippen LogP contribution in [-0.2, 0) is 9.74 Å². The van der Waals surface area contributed by atoms with Crippen molar-refractivity contribution in [1.29, 1.82) is 0 Å². The third-order valence-electron chi connectivity index (χ3n) is 3.21. The molecule has 1 aromatic carbocycles. The van der Waals surface area contributed by atoms with Gasteiger partial charge in [0.05, 0.1) is 4.32 Å². The normalized spacial score (nSPS) is 24.0. The van der Waals surface area contributed by atoms with Crippen LogP contribution >= 0.6 is 15.9 Å². The van der Waals surface area contributed by atoms with Crippen LogP contribution in [0, 0.1) is 0 Å². The molecule has 0 radical (unpaired) electrons. The Bertz CT molecular complexity index is 463. The van der Waals surface area contributed by atoms with E-state index in [4.69, 9.17) is 0 Å². The third-order valence-corrected chi connectivity index (χ3v) is 4.22. The van der Waals surface area contributed by atoms with Gasteiger partial charge in [0.2, 0.25) is 0 Å². The van der Waals surface area contributed by atoms with Crippen LogP contribution in [0.1, 0.15) is 38.3 Å². The van der Waals surface area contributed by atoms with Crippen LogP contribution in [0.15, 0.2) is 48.6 Å². The highest BCUT2D eigenvalue weighted by Gasteiger charge is 2.31. The summed E-state index contributed by atoms with van der Waals surface area (Å²) < 4.78 is -0.0361. The minimum atomic E-state index is -0.0361. The molecular weight excluding hydrogens is 272 g/mol. The van der Waals surface area contributed by atoms with Gasteiger partial charge in [-0.15, -0.1) is 0 Å². The lowest BCUT2D eigenvalue weighted by molar-refractivity contribution is 0.574. The first-order valence-corrected chi connectivity index (χ1v) is 6.86. The minimum Gasteiger partial charge on any atom is -0.0825 e. The van der Waals surface area contributed by atoms with Crippen molar-refractivity contribution in [2.45, 2.75) is 36.9 Å². The number of rotatable bonds is 1. The Hall–Kier alpha value is -0.820. The summed E-state index contributed by atoms with van der Waals surface area (Å²) in [5, 5.41) is 0. The number of hydrogen-bond acceptors (Lipinski definition) is 0. The Morgan fingerprint density at radius 3 is 2.41 bits per heavy atom. The number of alkyl halides is 1. The Balaban J connectivity index is 2.53. The first-order chi connectivity index (χ1) is 7.93. The highest BCUT2D eigenvalue weighted by molar-refractivity contribution is 9.09. The maximum absolute atomic E-state index is 3.91. The number of benzene rings is 1. The SMILES string of the molecule is CC(C)(C)c1ccccc1C1(Br)C=CC=CC1. The summed E-state index contributed by atoms with van der Waals surface area (Å²) in [7, 11) is 0. The van der Waals surface area contributed by atoms with Gasteiger partial charge in [-0.05, 0) is 23.0 Å². The Kier molecular flexibility index (Phi) is 3.31. The topological polar surface area (TPSA) is 0 Å². The van der Waals surface area contributed by atoms with Gasteiger partial charge >= 0.3 is 0 Å². The molecule has 0 aliphatic heterocycles. The highest BCUT2D eigenvalue weighted by atomic mass is 79.9. The molecule has 90 valence electrons. The van der Waals surface area contributed by atoms with Gasteiger partial charge in [0, 0.05) is 0 Å². The molecule has 0 aromatic heterocycles. The predicted octanol–water partition coefficient (Wildman–Crippen LogP) is 5.09. The van der Waals surface area contributed by atoms with E-state index in [0.717, 1.165) is 6.42 Å². The van der Waals surface area contributed by atoms with Gasteiger partial charge in [-0.25, -0.2) is 0 Å². The average molecular weight is 291 g/mol. The van der Waals surface area contributed by atoms with Crippen LogP contribution in [0.5, 0.6) is 0 Å². The van der Waals surface area contributed by atoms with Gasteiger partial charge in [0.25, 0.3) is 0 Å². The number of hydrogen-bond donors (Lipinski definition) is 0. The van der Waals surface area contributed by atoms with E-state index < -0.39 is 0 Å².